The minimum Gasteiger partial charge on any atom is -0.204 e. The molecular weight excluding hydrogens is 206 g/mol. The fourth-order valence-corrected chi connectivity index (χ4v) is 2.55. The number of rotatable bonds is 2. The lowest BCUT2D eigenvalue weighted by Gasteiger charge is -2.26. The van der Waals surface area contributed by atoms with Gasteiger partial charge in [-0.05, 0) is 42.7 Å². The van der Waals surface area contributed by atoms with Gasteiger partial charge in [0.05, 0.1) is 0 Å². The summed E-state index contributed by atoms with van der Waals surface area (Å²) in [6, 6.07) is 4.48. The molecule has 0 spiro atoms. The second-order valence-electron chi connectivity index (χ2n) is 5.04. The van der Waals surface area contributed by atoms with Gasteiger partial charge in [-0.25, -0.2) is 8.78 Å². The molecule has 1 saturated carbocycles. The Bertz CT molecular complexity index is 352. The number of halogens is 2. The van der Waals surface area contributed by atoms with Crippen molar-refractivity contribution in [1.82, 2.24) is 0 Å². The molecule has 0 aliphatic heterocycles. The first kappa shape index (κ1) is 11.6. The average Bonchev–Trinajstić information content (AvgIpc) is 2.28. The molecule has 2 rings (SSSR count). The molecule has 0 aromatic heterocycles. The predicted octanol–water partition coefficient (Wildman–Crippen LogP) is 4.33. The molecule has 0 atom stereocenters. The van der Waals surface area contributed by atoms with Crippen LogP contribution in [0.2, 0.25) is 0 Å². The van der Waals surface area contributed by atoms with Gasteiger partial charge in [0.25, 0.3) is 0 Å². The van der Waals surface area contributed by atoms with E-state index in [2.05, 4.69) is 6.92 Å². The second kappa shape index (κ2) is 4.94. The van der Waals surface area contributed by atoms with Crippen LogP contribution in [0.3, 0.4) is 0 Å². The summed E-state index contributed by atoms with van der Waals surface area (Å²) in [6.07, 6.45) is 5.44. The van der Waals surface area contributed by atoms with E-state index in [9.17, 15) is 8.78 Å². The summed E-state index contributed by atoms with van der Waals surface area (Å²) in [5.41, 5.74) is 0.541. The molecule has 0 saturated heterocycles. The second-order valence-corrected chi connectivity index (χ2v) is 5.04. The highest BCUT2D eigenvalue weighted by molar-refractivity contribution is 5.19. The van der Waals surface area contributed by atoms with Crippen molar-refractivity contribution in [2.24, 2.45) is 11.8 Å². The molecule has 0 unspecified atom stereocenters. The van der Waals surface area contributed by atoms with Crippen LogP contribution >= 0.6 is 0 Å². The van der Waals surface area contributed by atoms with Crippen molar-refractivity contribution in [2.45, 2.75) is 39.0 Å². The van der Waals surface area contributed by atoms with E-state index in [1.54, 1.807) is 12.1 Å². The summed E-state index contributed by atoms with van der Waals surface area (Å²) in [7, 11) is 0. The lowest BCUT2D eigenvalue weighted by molar-refractivity contribution is 0.286. The third-order valence-electron chi connectivity index (χ3n) is 3.68. The van der Waals surface area contributed by atoms with Gasteiger partial charge < -0.3 is 0 Å². The van der Waals surface area contributed by atoms with Crippen molar-refractivity contribution >= 4 is 0 Å². The van der Waals surface area contributed by atoms with Crippen LogP contribution in [0.1, 0.15) is 38.2 Å². The molecule has 88 valence electrons. The Balaban J connectivity index is 2.01. The first-order valence-electron chi connectivity index (χ1n) is 6.09. The van der Waals surface area contributed by atoms with E-state index in [1.807, 2.05) is 0 Å². The first-order valence-corrected chi connectivity index (χ1v) is 6.09. The van der Waals surface area contributed by atoms with Crippen molar-refractivity contribution in [3.05, 3.63) is 35.4 Å². The zero-order valence-corrected chi connectivity index (χ0v) is 9.68. The maximum absolute atomic E-state index is 13.5. The molecule has 0 amide bonds. The summed E-state index contributed by atoms with van der Waals surface area (Å²) >= 11 is 0. The molecule has 0 bridgehead atoms. The zero-order chi connectivity index (χ0) is 11.5. The summed E-state index contributed by atoms with van der Waals surface area (Å²) in [5, 5.41) is 0. The molecule has 0 heterocycles. The van der Waals surface area contributed by atoms with Crippen molar-refractivity contribution in [2.75, 3.05) is 0 Å². The van der Waals surface area contributed by atoms with Crippen LogP contribution in [0, 0.1) is 23.5 Å². The Labute approximate surface area is 95.7 Å². The smallest absolute Gasteiger partial charge is 0.162 e. The van der Waals surface area contributed by atoms with E-state index in [0.717, 1.165) is 18.8 Å². The van der Waals surface area contributed by atoms with Crippen LogP contribution in [0.15, 0.2) is 18.2 Å². The normalized spacial score (nSPS) is 25.7. The molecule has 1 aromatic carbocycles. The van der Waals surface area contributed by atoms with E-state index in [1.165, 1.54) is 18.9 Å². The van der Waals surface area contributed by atoms with Crippen LogP contribution in [0.4, 0.5) is 8.78 Å². The fraction of sp³-hybridized carbons (Fsp3) is 0.571. The minimum atomic E-state index is -0.721. The first-order chi connectivity index (χ1) is 7.66. The van der Waals surface area contributed by atoms with Gasteiger partial charge in [-0.2, -0.15) is 0 Å². The Morgan fingerprint density at radius 2 is 1.81 bits per heavy atom. The third kappa shape index (κ3) is 2.60. The molecule has 0 radical (unpaired) electrons. The van der Waals surface area contributed by atoms with Gasteiger partial charge in [0, 0.05) is 0 Å². The minimum absolute atomic E-state index is 0.535. The molecule has 2 heteroatoms. The standard InChI is InChI=1S/C14H18F2/c1-10-5-7-11(8-6-10)9-12-3-2-4-13(15)14(12)16/h2-4,10-11H,5-9H2,1H3. The fourth-order valence-electron chi connectivity index (χ4n) is 2.55. The Morgan fingerprint density at radius 1 is 1.12 bits per heavy atom. The molecule has 1 aliphatic rings. The van der Waals surface area contributed by atoms with Crippen molar-refractivity contribution < 1.29 is 8.78 Å². The van der Waals surface area contributed by atoms with Crippen molar-refractivity contribution in [3.8, 4) is 0 Å². The number of benzene rings is 1. The zero-order valence-electron chi connectivity index (χ0n) is 9.68. The van der Waals surface area contributed by atoms with Crippen LogP contribution in [-0.2, 0) is 6.42 Å². The number of hydrogen-bond acceptors (Lipinski definition) is 0. The maximum atomic E-state index is 13.5. The van der Waals surface area contributed by atoms with Crippen LogP contribution in [0.5, 0.6) is 0 Å². The molecule has 0 N–H and O–H groups in total. The highest BCUT2D eigenvalue weighted by Gasteiger charge is 2.20. The lowest BCUT2D eigenvalue weighted by Crippen LogP contribution is -2.15. The maximum Gasteiger partial charge on any atom is 0.162 e. The van der Waals surface area contributed by atoms with Gasteiger partial charge >= 0.3 is 0 Å². The monoisotopic (exact) mass is 224 g/mol. The summed E-state index contributed by atoms with van der Waals surface area (Å²) in [5.74, 6) is -0.0381. The van der Waals surface area contributed by atoms with E-state index in [0.29, 0.717) is 17.9 Å². The van der Waals surface area contributed by atoms with Gasteiger partial charge in [-0.15, -0.1) is 0 Å². The SMILES string of the molecule is CC1CCC(Cc2cccc(F)c2F)CC1. The van der Waals surface area contributed by atoms with Gasteiger partial charge in [-0.3, -0.25) is 0 Å². The van der Waals surface area contributed by atoms with Crippen LogP contribution < -0.4 is 0 Å². The van der Waals surface area contributed by atoms with E-state index in [4.69, 9.17) is 0 Å². The number of hydrogen-bond donors (Lipinski definition) is 0. The van der Waals surface area contributed by atoms with E-state index in [-0.39, 0.29) is 0 Å². The Kier molecular flexibility index (Phi) is 3.57. The van der Waals surface area contributed by atoms with Crippen LogP contribution in [0.25, 0.3) is 0 Å². The molecule has 16 heavy (non-hydrogen) atoms. The molecule has 0 nitrogen and oxygen atoms in total. The van der Waals surface area contributed by atoms with E-state index >= 15 is 0 Å². The summed E-state index contributed by atoms with van der Waals surface area (Å²) in [6.45, 7) is 2.26. The van der Waals surface area contributed by atoms with Crippen molar-refractivity contribution in [1.29, 1.82) is 0 Å². The predicted molar refractivity (Wildman–Crippen MR) is 61.2 cm³/mol. The largest absolute Gasteiger partial charge is 0.204 e. The average molecular weight is 224 g/mol. The third-order valence-corrected chi connectivity index (χ3v) is 3.68. The molecule has 1 aromatic rings. The molecule has 1 aliphatic carbocycles. The van der Waals surface area contributed by atoms with Crippen molar-refractivity contribution in [3.63, 3.8) is 0 Å². The summed E-state index contributed by atoms with van der Waals surface area (Å²) < 4.78 is 26.5. The van der Waals surface area contributed by atoms with Gasteiger partial charge in [-0.1, -0.05) is 31.9 Å². The summed E-state index contributed by atoms with van der Waals surface area (Å²) in [4.78, 5) is 0. The van der Waals surface area contributed by atoms with Gasteiger partial charge in [0.15, 0.2) is 11.6 Å². The highest BCUT2D eigenvalue weighted by Crippen LogP contribution is 2.31. The Hall–Kier alpha value is -0.920. The molecule has 1 fully saturated rings. The van der Waals surface area contributed by atoms with E-state index < -0.39 is 11.6 Å². The molecular formula is C14H18F2. The lowest BCUT2D eigenvalue weighted by atomic mass is 9.80. The Morgan fingerprint density at radius 3 is 2.50 bits per heavy atom. The topological polar surface area (TPSA) is 0 Å². The quantitative estimate of drug-likeness (QED) is 0.701. The highest BCUT2D eigenvalue weighted by atomic mass is 19.2. The van der Waals surface area contributed by atoms with Crippen LogP contribution in [-0.4, -0.2) is 0 Å². The van der Waals surface area contributed by atoms with Gasteiger partial charge in [0.2, 0.25) is 0 Å². The van der Waals surface area contributed by atoms with Gasteiger partial charge in [0.1, 0.15) is 0 Å².